The number of nitrogens with zero attached hydrogens (tertiary/aromatic N) is 2. The Balaban J connectivity index is 1.58. The highest BCUT2D eigenvalue weighted by Crippen LogP contribution is 2.46. The van der Waals surface area contributed by atoms with E-state index >= 15 is 0 Å². The molecule has 2 nitrogen and oxygen atoms in total. The molecule has 0 spiro atoms. The molecule has 0 radical (unpaired) electrons. The van der Waals surface area contributed by atoms with E-state index in [1.54, 1.807) is 0 Å². The predicted molar refractivity (Wildman–Crippen MR) is 138 cm³/mol. The van der Waals surface area contributed by atoms with Crippen LogP contribution in [0.4, 0.5) is 0 Å². The molecule has 1 fully saturated rings. The molecule has 4 aromatic carbocycles. The van der Waals surface area contributed by atoms with Gasteiger partial charge in [0.05, 0.1) is 17.0 Å². The summed E-state index contributed by atoms with van der Waals surface area (Å²) < 4.78 is 0. The molecule has 0 aromatic heterocycles. The Kier molecular flexibility index (Phi) is 6.30. The first-order chi connectivity index (χ1) is 16.8. The maximum Gasteiger partial charge on any atom is 0.0972 e. The molecule has 0 N–H and O–H groups in total. The topological polar surface area (TPSA) is 27.0 Å². The second kappa shape index (κ2) is 9.67. The van der Waals surface area contributed by atoms with Crippen molar-refractivity contribution >= 4 is 0 Å². The van der Waals surface area contributed by atoms with Crippen LogP contribution in [0.1, 0.15) is 35.1 Å². The largest absolute Gasteiger partial charge is 0.286 e. The van der Waals surface area contributed by atoms with Crippen molar-refractivity contribution in [2.75, 3.05) is 13.1 Å². The minimum atomic E-state index is -0.405. The number of hydrogen-bond acceptors (Lipinski definition) is 2. The van der Waals surface area contributed by atoms with Crippen LogP contribution in [0.25, 0.3) is 0 Å². The second-order valence-electron chi connectivity index (χ2n) is 9.35. The molecular weight excluding hydrogens is 412 g/mol. The lowest BCUT2D eigenvalue weighted by Crippen LogP contribution is -2.53. The fraction of sp³-hybridized carbons (Fsp3) is 0.219. The Bertz CT molecular complexity index is 1120. The van der Waals surface area contributed by atoms with Crippen LogP contribution in [0.5, 0.6) is 0 Å². The maximum atomic E-state index is 10.3. The molecule has 1 saturated heterocycles. The van der Waals surface area contributed by atoms with Crippen LogP contribution >= 0.6 is 0 Å². The highest BCUT2D eigenvalue weighted by molar-refractivity contribution is 5.49. The molecular formula is C32H30N2. The summed E-state index contributed by atoms with van der Waals surface area (Å²) in [5.41, 5.74) is 4.31. The highest BCUT2D eigenvalue weighted by Gasteiger charge is 2.46. The Morgan fingerprint density at radius 1 is 0.618 bits per heavy atom. The summed E-state index contributed by atoms with van der Waals surface area (Å²) in [6.07, 6.45) is 2.52. The SMILES string of the molecule is N#CC1(Cc2ccccc2)CCN(C(c2ccccc2)(c2ccccc2)c2ccccc2)CC1. The van der Waals surface area contributed by atoms with E-state index in [1.807, 2.05) is 6.07 Å². The number of hydrogen-bond donors (Lipinski definition) is 0. The minimum absolute atomic E-state index is 0.326. The molecule has 0 saturated carbocycles. The zero-order valence-electron chi connectivity index (χ0n) is 19.5. The van der Waals surface area contributed by atoms with E-state index in [0.29, 0.717) is 0 Å². The highest BCUT2D eigenvalue weighted by atomic mass is 15.2. The van der Waals surface area contributed by atoms with Crippen molar-refractivity contribution in [3.05, 3.63) is 144 Å². The van der Waals surface area contributed by atoms with Crippen molar-refractivity contribution in [1.29, 1.82) is 5.26 Å². The minimum Gasteiger partial charge on any atom is -0.286 e. The van der Waals surface area contributed by atoms with E-state index < -0.39 is 5.54 Å². The van der Waals surface area contributed by atoms with Gasteiger partial charge in [0.2, 0.25) is 0 Å². The molecule has 1 heterocycles. The van der Waals surface area contributed by atoms with Crippen LogP contribution in [0.2, 0.25) is 0 Å². The lowest BCUT2D eigenvalue weighted by Gasteiger charge is -2.50. The summed E-state index contributed by atoms with van der Waals surface area (Å²) in [6, 6.07) is 45.7. The molecule has 168 valence electrons. The Morgan fingerprint density at radius 2 is 1.00 bits per heavy atom. The van der Waals surface area contributed by atoms with Crippen molar-refractivity contribution in [2.45, 2.75) is 24.8 Å². The van der Waals surface area contributed by atoms with Gasteiger partial charge in [0, 0.05) is 13.1 Å². The lowest BCUT2D eigenvalue weighted by atomic mass is 9.70. The normalized spacial score (nSPS) is 16.0. The summed E-state index contributed by atoms with van der Waals surface area (Å²) >= 11 is 0. The third-order valence-electron chi connectivity index (χ3n) is 7.39. The van der Waals surface area contributed by atoms with Crippen molar-refractivity contribution in [3.8, 4) is 6.07 Å². The molecule has 0 atom stereocenters. The monoisotopic (exact) mass is 442 g/mol. The molecule has 34 heavy (non-hydrogen) atoms. The quantitative estimate of drug-likeness (QED) is 0.306. The van der Waals surface area contributed by atoms with Crippen molar-refractivity contribution in [2.24, 2.45) is 5.41 Å². The molecule has 0 unspecified atom stereocenters. The van der Waals surface area contributed by atoms with Gasteiger partial charge in [-0.05, 0) is 41.5 Å². The number of likely N-dealkylation sites (tertiary alicyclic amines) is 1. The fourth-order valence-corrected chi connectivity index (χ4v) is 5.67. The zero-order valence-corrected chi connectivity index (χ0v) is 19.5. The molecule has 4 aromatic rings. The van der Waals surface area contributed by atoms with Gasteiger partial charge < -0.3 is 0 Å². The van der Waals surface area contributed by atoms with Gasteiger partial charge in [0.1, 0.15) is 0 Å². The lowest BCUT2D eigenvalue weighted by molar-refractivity contribution is 0.0776. The van der Waals surface area contributed by atoms with E-state index in [4.69, 9.17) is 0 Å². The smallest absolute Gasteiger partial charge is 0.0972 e. The average molecular weight is 443 g/mol. The summed E-state index contributed by atoms with van der Waals surface area (Å²) in [5.74, 6) is 0. The van der Waals surface area contributed by atoms with Crippen LogP contribution in [-0.4, -0.2) is 18.0 Å². The average Bonchev–Trinajstić information content (AvgIpc) is 2.92. The molecule has 1 aliphatic heterocycles. The van der Waals surface area contributed by atoms with Crippen LogP contribution < -0.4 is 0 Å². The number of nitriles is 1. The van der Waals surface area contributed by atoms with Crippen molar-refractivity contribution < 1.29 is 0 Å². The van der Waals surface area contributed by atoms with Crippen LogP contribution in [-0.2, 0) is 12.0 Å². The first kappa shape index (κ1) is 22.1. The Hall–Kier alpha value is -3.67. The van der Waals surface area contributed by atoms with Gasteiger partial charge in [-0.2, -0.15) is 5.26 Å². The standard InChI is InChI=1S/C32H30N2/c33-26-31(25-27-13-5-1-6-14-27)21-23-34(24-22-31)32(28-15-7-2-8-16-28,29-17-9-3-10-18-29)30-19-11-4-12-20-30/h1-20H,21-25H2. The molecule has 0 amide bonds. The van der Waals surface area contributed by atoms with Gasteiger partial charge in [-0.25, -0.2) is 0 Å². The molecule has 0 aliphatic carbocycles. The zero-order chi connectivity index (χ0) is 23.3. The van der Waals surface area contributed by atoms with E-state index in [2.05, 4.69) is 126 Å². The first-order valence-corrected chi connectivity index (χ1v) is 12.1. The summed E-state index contributed by atoms with van der Waals surface area (Å²) in [5, 5.41) is 10.3. The fourth-order valence-electron chi connectivity index (χ4n) is 5.67. The van der Waals surface area contributed by atoms with Crippen molar-refractivity contribution in [3.63, 3.8) is 0 Å². The Morgan fingerprint density at radius 3 is 1.38 bits per heavy atom. The molecule has 5 rings (SSSR count). The third kappa shape index (κ3) is 4.04. The summed E-state index contributed by atoms with van der Waals surface area (Å²) in [6.45, 7) is 1.72. The van der Waals surface area contributed by atoms with E-state index in [9.17, 15) is 5.26 Å². The van der Waals surface area contributed by atoms with Gasteiger partial charge in [0.25, 0.3) is 0 Å². The molecule has 0 bridgehead atoms. The first-order valence-electron chi connectivity index (χ1n) is 12.1. The number of piperidine rings is 1. The summed E-state index contributed by atoms with van der Waals surface area (Å²) in [7, 11) is 0. The number of benzene rings is 4. The van der Waals surface area contributed by atoms with E-state index in [0.717, 1.165) is 32.4 Å². The summed E-state index contributed by atoms with van der Waals surface area (Å²) in [4.78, 5) is 2.60. The van der Waals surface area contributed by atoms with Gasteiger partial charge in [-0.3, -0.25) is 4.90 Å². The van der Waals surface area contributed by atoms with E-state index in [-0.39, 0.29) is 5.41 Å². The third-order valence-corrected chi connectivity index (χ3v) is 7.39. The number of rotatable bonds is 6. The van der Waals surface area contributed by atoms with Crippen LogP contribution in [0.3, 0.4) is 0 Å². The second-order valence-corrected chi connectivity index (χ2v) is 9.35. The molecule has 2 heteroatoms. The van der Waals surface area contributed by atoms with E-state index in [1.165, 1.54) is 22.3 Å². The van der Waals surface area contributed by atoms with Gasteiger partial charge >= 0.3 is 0 Å². The Labute approximate surface area is 203 Å². The van der Waals surface area contributed by atoms with Gasteiger partial charge in [-0.1, -0.05) is 121 Å². The van der Waals surface area contributed by atoms with Gasteiger partial charge in [-0.15, -0.1) is 0 Å². The van der Waals surface area contributed by atoms with Crippen molar-refractivity contribution in [1.82, 2.24) is 4.90 Å². The van der Waals surface area contributed by atoms with Crippen LogP contribution in [0, 0.1) is 16.7 Å². The predicted octanol–water partition coefficient (Wildman–Crippen LogP) is 6.83. The van der Waals surface area contributed by atoms with Gasteiger partial charge in [0.15, 0.2) is 0 Å². The molecule has 1 aliphatic rings. The maximum absolute atomic E-state index is 10.3. The van der Waals surface area contributed by atoms with Crippen LogP contribution in [0.15, 0.2) is 121 Å².